The zero-order valence-corrected chi connectivity index (χ0v) is 11.5. The Morgan fingerprint density at radius 3 is 2.65 bits per heavy atom. The molecular weight excluding hydrogens is 208 g/mol. The number of benzene rings is 1. The van der Waals surface area contributed by atoms with E-state index in [4.69, 9.17) is 0 Å². The van der Waals surface area contributed by atoms with Crippen molar-refractivity contribution in [1.82, 2.24) is 5.32 Å². The topological polar surface area (TPSA) is 15.3 Å². The van der Waals surface area contributed by atoms with Crippen LogP contribution in [0.1, 0.15) is 37.8 Å². The molecule has 2 rings (SSSR count). The third-order valence-electron chi connectivity index (χ3n) is 3.41. The van der Waals surface area contributed by atoms with Crippen molar-refractivity contribution < 1.29 is 0 Å². The summed E-state index contributed by atoms with van der Waals surface area (Å²) < 4.78 is 0. The Hall–Kier alpha value is -1.02. The molecule has 94 valence electrons. The lowest BCUT2D eigenvalue weighted by Crippen LogP contribution is -2.25. The van der Waals surface area contributed by atoms with E-state index in [1.54, 1.807) is 0 Å². The first-order valence-corrected chi connectivity index (χ1v) is 6.63. The number of nitrogens with zero attached hydrogens (tertiary/aromatic N) is 1. The molecule has 2 nitrogen and oxygen atoms in total. The SMILES string of the molecule is Cc1ccc(N(C)C2CC2)c(CNC(C)C)c1. The number of rotatable bonds is 5. The highest BCUT2D eigenvalue weighted by molar-refractivity contribution is 5.56. The summed E-state index contributed by atoms with van der Waals surface area (Å²) in [7, 11) is 2.22. The first-order valence-electron chi connectivity index (χ1n) is 6.63. The summed E-state index contributed by atoms with van der Waals surface area (Å²) >= 11 is 0. The Bertz CT molecular complexity index is 381. The average molecular weight is 232 g/mol. The minimum absolute atomic E-state index is 0.537. The number of hydrogen-bond acceptors (Lipinski definition) is 2. The van der Waals surface area contributed by atoms with Gasteiger partial charge in [0.15, 0.2) is 0 Å². The summed E-state index contributed by atoms with van der Waals surface area (Å²) in [5.74, 6) is 0. The molecule has 1 aromatic rings. The number of nitrogens with one attached hydrogen (secondary N) is 1. The van der Waals surface area contributed by atoms with Crippen molar-refractivity contribution >= 4 is 5.69 Å². The Labute approximate surface area is 105 Å². The van der Waals surface area contributed by atoms with Gasteiger partial charge in [0, 0.05) is 31.4 Å². The van der Waals surface area contributed by atoms with E-state index in [2.05, 4.69) is 56.2 Å². The average Bonchev–Trinajstić information content (AvgIpc) is 3.09. The molecule has 1 saturated carbocycles. The van der Waals surface area contributed by atoms with Crippen LogP contribution >= 0.6 is 0 Å². The summed E-state index contributed by atoms with van der Waals surface area (Å²) in [6, 6.07) is 8.10. The van der Waals surface area contributed by atoms with Crippen LogP contribution in [0, 0.1) is 6.92 Å². The summed E-state index contributed by atoms with van der Waals surface area (Å²) in [5.41, 5.74) is 4.16. The minimum Gasteiger partial charge on any atom is -0.371 e. The molecule has 0 spiro atoms. The van der Waals surface area contributed by atoms with E-state index in [9.17, 15) is 0 Å². The molecule has 0 bridgehead atoms. The fourth-order valence-electron chi connectivity index (χ4n) is 2.17. The van der Waals surface area contributed by atoms with Crippen molar-refractivity contribution in [2.24, 2.45) is 0 Å². The van der Waals surface area contributed by atoms with Gasteiger partial charge in [-0.1, -0.05) is 31.5 Å². The monoisotopic (exact) mass is 232 g/mol. The molecule has 0 atom stereocenters. The van der Waals surface area contributed by atoms with Crippen LogP contribution in [0.2, 0.25) is 0 Å². The lowest BCUT2D eigenvalue weighted by Gasteiger charge is -2.23. The van der Waals surface area contributed by atoms with Gasteiger partial charge in [0.25, 0.3) is 0 Å². The van der Waals surface area contributed by atoms with Crippen molar-refractivity contribution in [2.45, 2.75) is 52.2 Å². The van der Waals surface area contributed by atoms with Crippen LogP contribution < -0.4 is 10.2 Å². The van der Waals surface area contributed by atoms with Crippen LogP contribution in [0.25, 0.3) is 0 Å². The quantitative estimate of drug-likeness (QED) is 0.839. The summed E-state index contributed by atoms with van der Waals surface area (Å²) in [6.07, 6.45) is 2.70. The Morgan fingerprint density at radius 1 is 1.35 bits per heavy atom. The molecular formula is C15H24N2. The maximum Gasteiger partial charge on any atom is 0.0411 e. The molecule has 1 fully saturated rings. The molecule has 1 N–H and O–H groups in total. The summed E-state index contributed by atoms with van der Waals surface area (Å²) in [5, 5.41) is 3.52. The highest BCUT2D eigenvalue weighted by atomic mass is 15.2. The van der Waals surface area contributed by atoms with Crippen LogP contribution in [0.15, 0.2) is 18.2 Å². The van der Waals surface area contributed by atoms with Gasteiger partial charge in [0.05, 0.1) is 0 Å². The zero-order chi connectivity index (χ0) is 12.4. The molecule has 17 heavy (non-hydrogen) atoms. The van der Waals surface area contributed by atoms with Crippen molar-refractivity contribution in [3.63, 3.8) is 0 Å². The van der Waals surface area contributed by atoms with E-state index in [-0.39, 0.29) is 0 Å². The lowest BCUT2D eigenvalue weighted by atomic mass is 10.1. The van der Waals surface area contributed by atoms with E-state index in [0.717, 1.165) is 12.6 Å². The molecule has 0 unspecified atom stereocenters. The van der Waals surface area contributed by atoms with E-state index >= 15 is 0 Å². The first-order chi connectivity index (χ1) is 8.08. The van der Waals surface area contributed by atoms with Gasteiger partial charge >= 0.3 is 0 Å². The van der Waals surface area contributed by atoms with Crippen molar-refractivity contribution in [1.29, 1.82) is 0 Å². The van der Waals surface area contributed by atoms with Gasteiger partial charge in [-0.15, -0.1) is 0 Å². The van der Waals surface area contributed by atoms with Gasteiger partial charge in [-0.2, -0.15) is 0 Å². The van der Waals surface area contributed by atoms with E-state index in [0.29, 0.717) is 6.04 Å². The number of hydrogen-bond donors (Lipinski definition) is 1. The van der Waals surface area contributed by atoms with Crippen molar-refractivity contribution in [3.05, 3.63) is 29.3 Å². The van der Waals surface area contributed by atoms with Crippen LogP contribution in [-0.2, 0) is 6.54 Å². The first kappa shape index (κ1) is 12.4. The smallest absolute Gasteiger partial charge is 0.0411 e. The zero-order valence-electron chi connectivity index (χ0n) is 11.5. The third kappa shape index (κ3) is 3.22. The normalized spacial score (nSPS) is 15.4. The molecule has 0 aromatic heterocycles. The van der Waals surface area contributed by atoms with Gasteiger partial charge in [0.1, 0.15) is 0 Å². The fourth-order valence-corrected chi connectivity index (χ4v) is 2.17. The molecule has 1 aliphatic rings. The highest BCUT2D eigenvalue weighted by Crippen LogP contribution is 2.32. The number of aryl methyl sites for hydroxylation is 1. The second-order valence-corrected chi connectivity index (χ2v) is 5.51. The molecule has 0 aliphatic heterocycles. The summed E-state index contributed by atoms with van der Waals surface area (Å²) in [4.78, 5) is 2.44. The van der Waals surface area contributed by atoms with Gasteiger partial charge < -0.3 is 10.2 Å². The minimum atomic E-state index is 0.537. The Kier molecular flexibility index (Phi) is 3.72. The molecule has 0 saturated heterocycles. The molecule has 1 aromatic carbocycles. The predicted octanol–water partition coefficient (Wildman–Crippen LogP) is 3.09. The van der Waals surface area contributed by atoms with Crippen LogP contribution in [0.3, 0.4) is 0 Å². The third-order valence-corrected chi connectivity index (χ3v) is 3.41. The maximum absolute atomic E-state index is 3.52. The fraction of sp³-hybridized carbons (Fsp3) is 0.600. The Balaban J connectivity index is 2.17. The maximum atomic E-state index is 3.52. The standard InChI is InChI=1S/C15H24N2/c1-11(2)16-10-13-9-12(3)5-8-15(13)17(4)14-6-7-14/h5,8-9,11,14,16H,6-7,10H2,1-4H3. The van der Waals surface area contributed by atoms with Crippen LogP contribution in [0.4, 0.5) is 5.69 Å². The molecule has 0 radical (unpaired) electrons. The van der Waals surface area contributed by atoms with Crippen molar-refractivity contribution in [2.75, 3.05) is 11.9 Å². The molecule has 0 heterocycles. The van der Waals surface area contributed by atoms with Gasteiger partial charge in [-0.25, -0.2) is 0 Å². The summed E-state index contributed by atoms with van der Waals surface area (Å²) in [6.45, 7) is 7.52. The van der Waals surface area contributed by atoms with E-state index in [1.807, 2.05) is 0 Å². The van der Waals surface area contributed by atoms with Gasteiger partial charge in [-0.3, -0.25) is 0 Å². The number of anilines is 1. The second kappa shape index (κ2) is 5.09. The van der Waals surface area contributed by atoms with Gasteiger partial charge in [-0.05, 0) is 31.4 Å². The second-order valence-electron chi connectivity index (χ2n) is 5.51. The highest BCUT2D eigenvalue weighted by Gasteiger charge is 2.27. The Morgan fingerprint density at radius 2 is 2.06 bits per heavy atom. The predicted molar refractivity (Wildman–Crippen MR) is 74.6 cm³/mol. The van der Waals surface area contributed by atoms with Crippen LogP contribution in [-0.4, -0.2) is 19.1 Å². The van der Waals surface area contributed by atoms with E-state index in [1.165, 1.54) is 29.7 Å². The molecule has 0 amide bonds. The van der Waals surface area contributed by atoms with E-state index < -0.39 is 0 Å². The van der Waals surface area contributed by atoms with Crippen molar-refractivity contribution in [3.8, 4) is 0 Å². The molecule has 1 aliphatic carbocycles. The molecule has 2 heteroatoms. The van der Waals surface area contributed by atoms with Crippen LogP contribution in [0.5, 0.6) is 0 Å². The largest absolute Gasteiger partial charge is 0.371 e. The lowest BCUT2D eigenvalue weighted by molar-refractivity contribution is 0.588. The van der Waals surface area contributed by atoms with Gasteiger partial charge in [0.2, 0.25) is 0 Å².